The molecule has 1 heterocycles. The van der Waals surface area contributed by atoms with E-state index in [1.54, 1.807) is 6.07 Å². The molecule has 0 saturated heterocycles. The summed E-state index contributed by atoms with van der Waals surface area (Å²) in [6.45, 7) is 1.81. The molecular weight excluding hydrogens is 260 g/mol. The third-order valence-electron chi connectivity index (χ3n) is 2.19. The second kappa shape index (κ2) is 5.44. The zero-order valence-corrected chi connectivity index (χ0v) is 10.1. The number of nitrogens with two attached hydrogens (primary N) is 1. The van der Waals surface area contributed by atoms with E-state index in [0.717, 1.165) is 5.56 Å². The highest BCUT2D eigenvalue weighted by Crippen LogP contribution is 2.21. The molecule has 15 heavy (non-hydrogen) atoms. The quantitative estimate of drug-likeness (QED) is 0.720. The van der Waals surface area contributed by atoms with Crippen LogP contribution in [0, 0.1) is 6.92 Å². The lowest BCUT2D eigenvalue weighted by Gasteiger charge is -2.18. The molecule has 0 amide bonds. The fourth-order valence-electron chi connectivity index (χ4n) is 1.37. The summed E-state index contributed by atoms with van der Waals surface area (Å²) in [5.74, 6) is 0. The van der Waals surface area contributed by atoms with Crippen molar-refractivity contribution in [3.63, 3.8) is 0 Å². The van der Waals surface area contributed by atoms with Gasteiger partial charge in [0.25, 0.3) is 0 Å². The first-order valence-corrected chi connectivity index (χ1v) is 5.82. The molecule has 0 aliphatic carbocycles. The highest BCUT2D eigenvalue weighted by molar-refractivity contribution is 9.09. The fourth-order valence-corrected chi connectivity index (χ4v) is 1.84. The van der Waals surface area contributed by atoms with Gasteiger partial charge in [0.2, 0.25) is 0 Å². The molecule has 0 saturated carbocycles. The minimum Gasteiger partial charge on any atom is -0.397 e. The van der Waals surface area contributed by atoms with Crippen molar-refractivity contribution >= 4 is 21.6 Å². The molecule has 0 bridgehead atoms. The number of hydrogen-bond acceptors (Lipinski definition) is 4. The third kappa shape index (κ3) is 3.15. The maximum absolute atomic E-state index is 9.82. The predicted octanol–water partition coefficient (Wildman–Crippen LogP) is 1.15. The molecule has 0 fully saturated rings. The molecule has 0 radical (unpaired) electrons. The van der Waals surface area contributed by atoms with E-state index in [1.165, 1.54) is 6.20 Å². The van der Waals surface area contributed by atoms with Gasteiger partial charge in [0.05, 0.1) is 23.7 Å². The van der Waals surface area contributed by atoms with Gasteiger partial charge in [-0.1, -0.05) is 15.9 Å². The van der Waals surface area contributed by atoms with Crippen LogP contribution in [0.2, 0.25) is 0 Å². The van der Waals surface area contributed by atoms with Gasteiger partial charge in [-0.25, -0.2) is 0 Å². The van der Waals surface area contributed by atoms with Crippen molar-refractivity contribution in [2.24, 2.45) is 0 Å². The summed E-state index contributed by atoms with van der Waals surface area (Å²) < 4.78 is 0. The van der Waals surface area contributed by atoms with Crippen LogP contribution in [0.1, 0.15) is 23.8 Å². The number of pyridine rings is 1. The molecule has 5 heteroatoms. The summed E-state index contributed by atoms with van der Waals surface area (Å²) >= 11 is 3.21. The van der Waals surface area contributed by atoms with Gasteiger partial charge >= 0.3 is 0 Å². The number of aryl methyl sites for hydroxylation is 1. The maximum atomic E-state index is 9.82. The van der Waals surface area contributed by atoms with Crippen molar-refractivity contribution in [2.75, 3.05) is 11.1 Å². The average molecular weight is 275 g/mol. The minimum atomic E-state index is -0.955. The van der Waals surface area contributed by atoms with Crippen LogP contribution < -0.4 is 5.73 Å². The Labute approximate surface area is 97.3 Å². The van der Waals surface area contributed by atoms with Crippen molar-refractivity contribution in [2.45, 2.75) is 25.6 Å². The van der Waals surface area contributed by atoms with Crippen molar-refractivity contribution in [1.82, 2.24) is 4.98 Å². The zero-order chi connectivity index (χ0) is 11.4. The van der Waals surface area contributed by atoms with E-state index in [0.29, 0.717) is 23.1 Å². The largest absolute Gasteiger partial charge is 0.397 e. The summed E-state index contributed by atoms with van der Waals surface area (Å²) in [5.41, 5.74) is 7.37. The molecule has 0 aliphatic heterocycles. The van der Waals surface area contributed by atoms with E-state index in [9.17, 15) is 10.2 Å². The molecule has 4 nitrogen and oxygen atoms in total. The van der Waals surface area contributed by atoms with Crippen LogP contribution in [-0.2, 0) is 0 Å². The summed E-state index contributed by atoms with van der Waals surface area (Å²) in [6.07, 6.45) is 0.196. The topological polar surface area (TPSA) is 79.4 Å². The molecular formula is C10H15BrN2O2. The lowest BCUT2D eigenvalue weighted by atomic mass is 10.0. The van der Waals surface area contributed by atoms with Gasteiger partial charge in [0.1, 0.15) is 6.10 Å². The van der Waals surface area contributed by atoms with Gasteiger partial charge < -0.3 is 15.9 Å². The van der Waals surface area contributed by atoms with Crippen LogP contribution >= 0.6 is 15.9 Å². The van der Waals surface area contributed by atoms with Gasteiger partial charge in [-0.15, -0.1) is 0 Å². The Morgan fingerprint density at radius 3 is 2.73 bits per heavy atom. The standard InChI is InChI=1S/C10H15BrN2O2/c1-6-4-7(12)5-13-9(6)10(15)8(14)2-3-11/h4-5,8,10,14-15H,2-3,12H2,1H3. The van der Waals surface area contributed by atoms with E-state index in [-0.39, 0.29) is 0 Å². The van der Waals surface area contributed by atoms with E-state index in [4.69, 9.17) is 5.73 Å². The number of aliphatic hydroxyl groups excluding tert-OH is 2. The van der Waals surface area contributed by atoms with Crippen LogP contribution in [0.25, 0.3) is 0 Å². The summed E-state index contributed by atoms with van der Waals surface area (Å²) in [4.78, 5) is 4.03. The molecule has 2 atom stereocenters. The zero-order valence-electron chi connectivity index (χ0n) is 8.52. The number of halogens is 1. The smallest absolute Gasteiger partial charge is 0.122 e. The van der Waals surface area contributed by atoms with Crippen LogP contribution in [0.5, 0.6) is 0 Å². The number of aromatic nitrogens is 1. The van der Waals surface area contributed by atoms with Crippen LogP contribution in [0.3, 0.4) is 0 Å². The molecule has 1 aromatic rings. The minimum absolute atomic E-state index is 0.479. The highest BCUT2D eigenvalue weighted by atomic mass is 79.9. The van der Waals surface area contributed by atoms with Crippen molar-refractivity contribution in [3.05, 3.63) is 23.5 Å². The van der Waals surface area contributed by atoms with E-state index in [2.05, 4.69) is 20.9 Å². The Kier molecular flexibility index (Phi) is 4.50. The Balaban J connectivity index is 2.86. The normalized spacial score (nSPS) is 14.9. The molecule has 1 rings (SSSR count). The van der Waals surface area contributed by atoms with E-state index in [1.807, 2.05) is 6.92 Å². The van der Waals surface area contributed by atoms with Crippen LogP contribution in [0.4, 0.5) is 5.69 Å². The number of nitrogens with zero attached hydrogens (tertiary/aromatic N) is 1. The number of nitrogen functional groups attached to an aromatic ring is 1. The second-order valence-electron chi connectivity index (χ2n) is 3.46. The van der Waals surface area contributed by atoms with Gasteiger partial charge in [-0.05, 0) is 25.0 Å². The number of hydrogen-bond donors (Lipinski definition) is 3. The summed E-state index contributed by atoms with van der Waals surface area (Å²) in [5, 5.41) is 20.1. The number of alkyl halides is 1. The Hall–Kier alpha value is -0.650. The average Bonchev–Trinajstić information content (AvgIpc) is 2.17. The predicted molar refractivity (Wildman–Crippen MR) is 62.8 cm³/mol. The summed E-state index contributed by atoms with van der Waals surface area (Å²) in [7, 11) is 0. The Morgan fingerprint density at radius 1 is 1.53 bits per heavy atom. The molecule has 84 valence electrons. The van der Waals surface area contributed by atoms with Crippen LogP contribution in [-0.4, -0.2) is 26.6 Å². The second-order valence-corrected chi connectivity index (χ2v) is 4.25. The Morgan fingerprint density at radius 2 is 2.20 bits per heavy atom. The van der Waals surface area contributed by atoms with Crippen molar-refractivity contribution < 1.29 is 10.2 Å². The first kappa shape index (κ1) is 12.4. The molecule has 4 N–H and O–H groups in total. The molecule has 0 spiro atoms. The van der Waals surface area contributed by atoms with E-state index < -0.39 is 12.2 Å². The van der Waals surface area contributed by atoms with Gasteiger partial charge in [0, 0.05) is 5.33 Å². The third-order valence-corrected chi connectivity index (χ3v) is 2.65. The first-order valence-electron chi connectivity index (χ1n) is 4.70. The van der Waals surface area contributed by atoms with E-state index >= 15 is 0 Å². The monoisotopic (exact) mass is 274 g/mol. The van der Waals surface area contributed by atoms with Gasteiger partial charge in [-0.2, -0.15) is 0 Å². The summed E-state index contributed by atoms with van der Waals surface area (Å²) in [6, 6.07) is 1.73. The fraction of sp³-hybridized carbons (Fsp3) is 0.500. The number of aliphatic hydroxyl groups is 2. The number of rotatable bonds is 4. The molecule has 0 aliphatic rings. The lowest BCUT2D eigenvalue weighted by Crippen LogP contribution is -2.20. The lowest BCUT2D eigenvalue weighted by molar-refractivity contribution is 0.0144. The maximum Gasteiger partial charge on any atom is 0.122 e. The van der Waals surface area contributed by atoms with Crippen molar-refractivity contribution in [3.8, 4) is 0 Å². The van der Waals surface area contributed by atoms with Gasteiger partial charge in [-0.3, -0.25) is 4.98 Å². The number of anilines is 1. The molecule has 1 aromatic heterocycles. The highest BCUT2D eigenvalue weighted by Gasteiger charge is 2.20. The molecule has 0 aromatic carbocycles. The molecule has 2 unspecified atom stereocenters. The van der Waals surface area contributed by atoms with Crippen molar-refractivity contribution in [1.29, 1.82) is 0 Å². The van der Waals surface area contributed by atoms with Gasteiger partial charge in [0.15, 0.2) is 0 Å². The first-order chi connectivity index (χ1) is 7.06. The SMILES string of the molecule is Cc1cc(N)cnc1C(O)C(O)CCBr. The Bertz CT molecular complexity index is 333. The van der Waals surface area contributed by atoms with Crippen LogP contribution in [0.15, 0.2) is 12.3 Å².